The van der Waals surface area contributed by atoms with E-state index in [4.69, 9.17) is 4.74 Å². The molecule has 1 saturated heterocycles. The van der Waals surface area contributed by atoms with Crippen LogP contribution in [0.1, 0.15) is 40.5 Å². The Kier molecular flexibility index (Phi) is 7.37. The van der Waals surface area contributed by atoms with Gasteiger partial charge in [0.05, 0.1) is 10.5 Å². The molecule has 1 atom stereocenters. The number of nitrogens with zero attached hydrogens (tertiary/aromatic N) is 2. The first-order valence-electron chi connectivity index (χ1n) is 10.2. The Labute approximate surface area is 184 Å². The Hall–Kier alpha value is -3.95. The number of carbonyl (C=O) groups is 3. The highest BCUT2D eigenvalue weighted by Crippen LogP contribution is 2.32. The number of hydrogen-bond donors (Lipinski definition) is 2. The fraction of sp³-hybridized carbons (Fsp3) is 0.318. The van der Waals surface area contributed by atoms with Crippen molar-refractivity contribution in [1.29, 1.82) is 0 Å². The number of hydrazine groups is 1. The van der Waals surface area contributed by atoms with Crippen LogP contribution in [-0.2, 0) is 9.53 Å². The lowest BCUT2D eigenvalue weighted by molar-refractivity contribution is -0.384. The summed E-state index contributed by atoms with van der Waals surface area (Å²) in [4.78, 5) is 49.0. The zero-order valence-corrected chi connectivity index (χ0v) is 17.6. The molecule has 0 radical (unpaired) electrons. The van der Waals surface area contributed by atoms with Crippen molar-refractivity contribution in [3.63, 3.8) is 0 Å². The average molecular weight is 440 g/mol. The molecule has 1 aliphatic rings. The molecular formula is C22H24N4O6. The highest BCUT2D eigenvalue weighted by Gasteiger charge is 2.25. The molecule has 0 aliphatic carbocycles. The Balaban J connectivity index is 1.57. The van der Waals surface area contributed by atoms with Gasteiger partial charge in [-0.05, 0) is 43.0 Å². The first kappa shape index (κ1) is 22.7. The van der Waals surface area contributed by atoms with E-state index >= 15 is 0 Å². The van der Waals surface area contributed by atoms with Gasteiger partial charge in [-0.3, -0.25) is 30.6 Å². The molecule has 0 saturated carbocycles. The summed E-state index contributed by atoms with van der Waals surface area (Å²) in [6, 6.07) is 12.4. The van der Waals surface area contributed by atoms with Crippen molar-refractivity contribution in [2.75, 3.05) is 24.6 Å². The van der Waals surface area contributed by atoms with Gasteiger partial charge in [-0.25, -0.2) is 4.79 Å². The number of nitrogens with one attached hydrogen (secondary N) is 2. The highest BCUT2D eigenvalue weighted by atomic mass is 16.6. The molecule has 1 fully saturated rings. The normalized spacial score (nSPS) is 15.5. The fourth-order valence-corrected chi connectivity index (χ4v) is 3.51. The van der Waals surface area contributed by atoms with Crippen LogP contribution in [0.15, 0.2) is 48.5 Å². The molecule has 10 heteroatoms. The standard InChI is InChI=1S/C22H24N4O6/c1-15-6-5-11-25(13-15)18-10-9-17(12-19(18)26(30)31)22(29)32-14-20(27)23-24-21(28)16-7-3-2-4-8-16/h2-4,7-10,12,15H,5-6,11,13-14H2,1H3,(H,23,27)(H,24,28). The van der Waals surface area contributed by atoms with Crippen molar-refractivity contribution in [3.8, 4) is 0 Å². The van der Waals surface area contributed by atoms with Gasteiger partial charge in [0.15, 0.2) is 6.61 Å². The predicted molar refractivity (Wildman–Crippen MR) is 116 cm³/mol. The zero-order chi connectivity index (χ0) is 23.1. The van der Waals surface area contributed by atoms with E-state index in [2.05, 4.69) is 17.8 Å². The summed E-state index contributed by atoms with van der Waals surface area (Å²) in [6.45, 7) is 2.85. The van der Waals surface area contributed by atoms with Crippen molar-refractivity contribution in [2.45, 2.75) is 19.8 Å². The maximum atomic E-state index is 12.3. The van der Waals surface area contributed by atoms with Crippen LogP contribution in [0.3, 0.4) is 0 Å². The zero-order valence-electron chi connectivity index (χ0n) is 17.6. The van der Waals surface area contributed by atoms with Crippen LogP contribution in [-0.4, -0.2) is 42.4 Å². The molecule has 0 aromatic heterocycles. The number of benzene rings is 2. The van der Waals surface area contributed by atoms with Crippen molar-refractivity contribution < 1.29 is 24.0 Å². The molecule has 0 spiro atoms. The van der Waals surface area contributed by atoms with Crippen LogP contribution < -0.4 is 15.8 Å². The van der Waals surface area contributed by atoms with E-state index < -0.39 is 29.3 Å². The molecule has 168 valence electrons. The highest BCUT2D eigenvalue weighted by molar-refractivity contribution is 5.96. The van der Waals surface area contributed by atoms with Crippen molar-refractivity contribution in [2.24, 2.45) is 5.92 Å². The average Bonchev–Trinajstić information content (AvgIpc) is 2.81. The number of ether oxygens (including phenoxy) is 1. The van der Waals surface area contributed by atoms with Crippen LogP contribution in [0.2, 0.25) is 0 Å². The van der Waals surface area contributed by atoms with E-state index in [1.807, 2.05) is 4.90 Å². The van der Waals surface area contributed by atoms with E-state index in [9.17, 15) is 24.5 Å². The third-order valence-corrected chi connectivity index (χ3v) is 5.09. The minimum atomic E-state index is -0.879. The van der Waals surface area contributed by atoms with Gasteiger partial charge in [0.1, 0.15) is 5.69 Å². The second-order valence-electron chi connectivity index (χ2n) is 7.60. The SMILES string of the molecule is CC1CCCN(c2ccc(C(=O)OCC(=O)NNC(=O)c3ccccc3)cc2[N+](=O)[O-])C1. The van der Waals surface area contributed by atoms with Gasteiger partial charge in [0.2, 0.25) is 0 Å². The lowest BCUT2D eigenvalue weighted by Crippen LogP contribution is -2.43. The molecule has 2 aromatic carbocycles. The smallest absolute Gasteiger partial charge is 0.338 e. The summed E-state index contributed by atoms with van der Waals surface area (Å²) in [5.74, 6) is -1.73. The van der Waals surface area contributed by atoms with Crippen molar-refractivity contribution in [1.82, 2.24) is 10.9 Å². The summed E-state index contributed by atoms with van der Waals surface area (Å²) in [5.41, 5.74) is 4.93. The minimum absolute atomic E-state index is 0.0355. The minimum Gasteiger partial charge on any atom is -0.452 e. The lowest BCUT2D eigenvalue weighted by Gasteiger charge is -2.32. The molecule has 32 heavy (non-hydrogen) atoms. The number of anilines is 1. The molecule has 2 N–H and O–H groups in total. The van der Waals surface area contributed by atoms with E-state index in [1.165, 1.54) is 12.1 Å². The fourth-order valence-electron chi connectivity index (χ4n) is 3.51. The lowest BCUT2D eigenvalue weighted by atomic mass is 9.99. The summed E-state index contributed by atoms with van der Waals surface area (Å²) >= 11 is 0. The summed E-state index contributed by atoms with van der Waals surface area (Å²) in [7, 11) is 0. The Morgan fingerprint density at radius 2 is 1.88 bits per heavy atom. The van der Waals surface area contributed by atoms with Gasteiger partial charge in [-0.15, -0.1) is 0 Å². The number of rotatable bonds is 6. The molecular weight excluding hydrogens is 416 g/mol. The van der Waals surface area contributed by atoms with Crippen LogP contribution in [0.25, 0.3) is 0 Å². The van der Waals surface area contributed by atoms with Crippen LogP contribution in [0, 0.1) is 16.0 Å². The summed E-state index contributed by atoms with van der Waals surface area (Å²) in [5, 5.41) is 11.6. The van der Waals surface area contributed by atoms with Gasteiger partial charge in [0.25, 0.3) is 17.5 Å². The molecule has 2 amide bonds. The van der Waals surface area contributed by atoms with Crippen LogP contribution in [0.4, 0.5) is 11.4 Å². The second kappa shape index (κ2) is 10.4. The van der Waals surface area contributed by atoms with E-state index in [0.717, 1.165) is 18.9 Å². The third-order valence-electron chi connectivity index (χ3n) is 5.09. The Morgan fingerprint density at radius 1 is 1.12 bits per heavy atom. The largest absolute Gasteiger partial charge is 0.452 e. The number of nitro benzene ring substituents is 1. The monoisotopic (exact) mass is 440 g/mol. The third kappa shape index (κ3) is 5.81. The van der Waals surface area contributed by atoms with Crippen molar-refractivity contribution >= 4 is 29.2 Å². The molecule has 10 nitrogen and oxygen atoms in total. The predicted octanol–water partition coefficient (Wildman–Crippen LogP) is 2.45. The first-order valence-corrected chi connectivity index (χ1v) is 10.2. The van der Waals surface area contributed by atoms with Gasteiger partial charge in [-0.1, -0.05) is 25.1 Å². The molecule has 0 bridgehead atoms. The van der Waals surface area contributed by atoms with Crippen LogP contribution in [0.5, 0.6) is 0 Å². The van der Waals surface area contributed by atoms with E-state index in [1.54, 1.807) is 30.3 Å². The number of hydrogen-bond acceptors (Lipinski definition) is 7. The summed E-state index contributed by atoms with van der Waals surface area (Å²) < 4.78 is 4.93. The molecule has 2 aromatic rings. The number of piperidine rings is 1. The number of carbonyl (C=O) groups excluding carboxylic acids is 3. The van der Waals surface area contributed by atoms with E-state index in [-0.39, 0.29) is 11.3 Å². The van der Waals surface area contributed by atoms with Gasteiger partial charge >= 0.3 is 5.97 Å². The number of amides is 2. The molecule has 1 aliphatic heterocycles. The van der Waals surface area contributed by atoms with Gasteiger partial charge in [0, 0.05) is 24.7 Å². The Bertz CT molecular complexity index is 1010. The second-order valence-corrected chi connectivity index (χ2v) is 7.60. The van der Waals surface area contributed by atoms with Crippen LogP contribution >= 0.6 is 0 Å². The Morgan fingerprint density at radius 3 is 2.56 bits per heavy atom. The number of esters is 1. The molecule has 3 rings (SSSR count). The van der Waals surface area contributed by atoms with Gasteiger partial charge in [-0.2, -0.15) is 0 Å². The number of nitro groups is 1. The van der Waals surface area contributed by atoms with Crippen molar-refractivity contribution in [3.05, 3.63) is 69.8 Å². The quantitative estimate of drug-likeness (QED) is 0.401. The van der Waals surface area contributed by atoms with E-state index in [0.29, 0.717) is 30.3 Å². The summed E-state index contributed by atoms with van der Waals surface area (Å²) in [6.07, 6.45) is 2.01. The molecule has 1 heterocycles. The maximum absolute atomic E-state index is 12.3. The maximum Gasteiger partial charge on any atom is 0.338 e. The topological polar surface area (TPSA) is 131 Å². The first-order chi connectivity index (χ1) is 15.3. The molecule has 1 unspecified atom stereocenters. The van der Waals surface area contributed by atoms with Gasteiger partial charge < -0.3 is 9.64 Å².